The van der Waals surface area contributed by atoms with Crippen LogP contribution < -0.4 is 5.73 Å². The lowest BCUT2D eigenvalue weighted by atomic mass is 9.96. The van der Waals surface area contributed by atoms with Gasteiger partial charge in [-0.1, -0.05) is 23.5 Å². The van der Waals surface area contributed by atoms with Crippen molar-refractivity contribution in [1.29, 1.82) is 0 Å². The summed E-state index contributed by atoms with van der Waals surface area (Å²) in [6, 6.07) is 6.31. The van der Waals surface area contributed by atoms with E-state index in [-0.39, 0.29) is 23.4 Å². The Morgan fingerprint density at radius 3 is 2.66 bits per heavy atom. The third-order valence-electron chi connectivity index (χ3n) is 5.29. The van der Waals surface area contributed by atoms with Gasteiger partial charge >= 0.3 is 0 Å². The third kappa shape index (κ3) is 3.46. The average molecular weight is 413 g/mol. The maximum atomic E-state index is 12.9. The van der Waals surface area contributed by atoms with E-state index in [1.807, 2.05) is 11.3 Å². The minimum absolute atomic E-state index is 0.00538. The van der Waals surface area contributed by atoms with Crippen LogP contribution in [0.15, 0.2) is 30.5 Å². The fourth-order valence-electron chi connectivity index (χ4n) is 3.58. The zero-order valence-corrected chi connectivity index (χ0v) is 16.5. The number of nitrogens with two attached hydrogens (primary N) is 1. The predicted molar refractivity (Wildman–Crippen MR) is 108 cm³/mol. The number of non-ortho nitro benzene ring substituents is 1. The fourth-order valence-corrected chi connectivity index (χ4v) is 4.65. The normalized spacial score (nSPS) is 15.0. The number of carbonyl (C=O) groups is 2. The van der Waals surface area contributed by atoms with Crippen LogP contribution in [0.5, 0.6) is 0 Å². The highest BCUT2D eigenvalue weighted by Crippen LogP contribution is 2.30. The molecule has 0 spiro atoms. The summed E-state index contributed by atoms with van der Waals surface area (Å²) in [6.45, 7) is 2.86. The van der Waals surface area contributed by atoms with Gasteiger partial charge in [0.2, 0.25) is 5.91 Å². The highest BCUT2D eigenvalue weighted by molar-refractivity contribution is 7.19. The largest absolute Gasteiger partial charge is 0.369 e. The van der Waals surface area contributed by atoms with Crippen molar-refractivity contribution in [2.45, 2.75) is 19.8 Å². The van der Waals surface area contributed by atoms with Crippen LogP contribution in [0.1, 0.15) is 28.2 Å². The summed E-state index contributed by atoms with van der Waals surface area (Å²) < 4.78 is 1.84. The number of imidazole rings is 1. The molecular formula is C19H19N5O4S. The van der Waals surface area contributed by atoms with Crippen LogP contribution in [0, 0.1) is 23.0 Å². The molecule has 1 fully saturated rings. The number of rotatable bonds is 4. The zero-order chi connectivity index (χ0) is 20.7. The first kappa shape index (κ1) is 19.1. The van der Waals surface area contributed by atoms with Crippen LogP contribution in [0.4, 0.5) is 5.69 Å². The number of carbonyl (C=O) groups excluding carboxylic acids is 2. The van der Waals surface area contributed by atoms with Gasteiger partial charge in [0.15, 0.2) is 4.96 Å². The number of primary amides is 1. The smallest absolute Gasteiger partial charge is 0.270 e. The number of aryl methyl sites for hydroxylation is 1. The Bertz CT molecular complexity index is 1130. The van der Waals surface area contributed by atoms with E-state index in [2.05, 4.69) is 4.98 Å². The Balaban J connectivity index is 1.59. The van der Waals surface area contributed by atoms with Crippen molar-refractivity contribution in [3.05, 3.63) is 51.1 Å². The number of hydrogen-bond acceptors (Lipinski definition) is 6. The molecule has 150 valence electrons. The van der Waals surface area contributed by atoms with Gasteiger partial charge in [0, 0.05) is 48.6 Å². The molecule has 3 aromatic rings. The minimum atomic E-state index is -0.439. The summed E-state index contributed by atoms with van der Waals surface area (Å²) in [7, 11) is 0. The van der Waals surface area contributed by atoms with Gasteiger partial charge in [0.05, 0.1) is 10.6 Å². The zero-order valence-electron chi connectivity index (χ0n) is 15.7. The highest BCUT2D eigenvalue weighted by Gasteiger charge is 2.29. The van der Waals surface area contributed by atoms with Crippen LogP contribution in [0.3, 0.4) is 0 Å². The number of nitro groups is 1. The topological polar surface area (TPSA) is 124 Å². The summed E-state index contributed by atoms with van der Waals surface area (Å²) in [5.41, 5.74) is 7.40. The standard InChI is InChI=1S/C19H19N5O4S/c1-11-16(18(26)22-7-5-12(6-8-22)17(20)25)29-19-21-15(10-23(11)19)13-3-2-4-14(9-13)24(27)28/h2-4,9-10,12H,5-8H2,1H3,(H2,20,25). The molecule has 2 N–H and O–H groups in total. The van der Waals surface area contributed by atoms with Gasteiger partial charge in [-0.25, -0.2) is 4.98 Å². The number of aromatic nitrogens is 2. The molecule has 4 rings (SSSR count). The first-order valence-corrected chi connectivity index (χ1v) is 9.98. The van der Waals surface area contributed by atoms with Crippen molar-refractivity contribution in [1.82, 2.24) is 14.3 Å². The summed E-state index contributed by atoms with van der Waals surface area (Å²) in [5, 5.41) is 11.0. The van der Waals surface area contributed by atoms with Crippen molar-refractivity contribution in [2.75, 3.05) is 13.1 Å². The Hall–Kier alpha value is -3.27. The van der Waals surface area contributed by atoms with Gasteiger partial charge in [0.25, 0.3) is 11.6 Å². The number of fused-ring (bicyclic) bond motifs is 1. The Morgan fingerprint density at radius 1 is 1.31 bits per heavy atom. The lowest BCUT2D eigenvalue weighted by Crippen LogP contribution is -2.41. The van der Waals surface area contributed by atoms with Crippen LogP contribution in [-0.2, 0) is 4.79 Å². The molecule has 9 nitrogen and oxygen atoms in total. The monoisotopic (exact) mass is 413 g/mol. The number of hydrogen-bond donors (Lipinski definition) is 1. The lowest BCUT2D eigenvalue weighted by Gasteiger charge is -2.30. The summed E-state index contributed by atoms with van der Waals surface area (Å²) in [6.07, 6.45) is 2.95. The fraction of sp³-hybridized carbons (Fsp3) is 0.316. The first-order valence-electron chi connectivity index (χ1n) is 9.17. The van der Waals surface area contributed by atoms with Crippen LogP contribution >= 0.6 is 11.3 Å². The second-order valence-electron chi connectivity index (χ2n) is 7.07. The molecular weight excluding hydrogens is 394 g/mol. The second-order valence-corrected chi connectivity index (χ2v) is 8.05. The van der Waals surface area contributed by atoms with E-state index >= 15 is 0 Å². The summed E-state index contributed by atoms with van der Waals surface area (Å²) in [5.74, 6) is -0.548. The predicted octanol–water partition coefficient (Wildman–Crippen LogP) is 2.62. The molecule has 0 unspecified atom stereocenters. The van der Waals surface area contributed by atoms with E-state index in [0.717, 1.165) is 5.69 Å². The molecule has 0 atom stereocenters. The van der Waals surface area contributed by atoms with Gasteiger partial charge < -0.3 is 10.6 Å². The van der Waals surface area contributed by atoms with Crippen LogP contribution in [0.2, 0.25) is 0 Å². The molecule has 1 aromatic carbocycles. The molecule has 29 heavy (non-hydrogen) atoms. The maximum Gasteiger partial charge on any atom is 0.270 e. The van der Waals surface area contributed by atoms with Gasteiger partial charge in [-0.15, -0.1) is 0 Å². The lowest BCUT2D eigenvalue weighted by molar-refractivity contribution is -0.384. The molecule has 1 aliphatic rings. The number of nitro benzene ring substituents is 1. The van der Waals surface area contributed by atoms with E-state index in [4.69, 9.17) is 5.73 Å². The minimum Gasteiger partial charge on any atom is -0.369 e. The Kier molecular flexibility index (Phi) is 4.79. The number of amides is 2. The van der Waals surface area contributed by atoms with Crippen LogP contribution in [0.25, 0.3) is 16.2 Å². The van der Waals surface area contributed by atoms with E-state index in [1.54, 1.807) is 23.2 Å². The molecule has 0 aliphatic carbocycles. The molecule has 0 bridgehead atoms. The third-order valence-corrected chi connectivity index (χ3v) is 6.43. The highest BCUT2D eigenvalue weighted by atomic mass is 32.1. The van der Waals surface area contributed by atoms with Gasteiger partial charge in [0.1, 0.15) is 4.88 Å². The van der Waals surface area contributed by atoms with Crippen molar-refractivity contribution in [2.24, 2.45) is 11.7 Å². The molecule has 2 amide bonds. The van der Waals surface area contributed by atoms with Crippen molar-refractivity contribution in [3.8, 4) is 11.3 Å². The molecule has 2 aromatic heterocycles. The van der Waals surface area contributed by atoms with Gasteiger partial charge in [-0.3, -0.25) is 24.1 Å². The summed E-state index contributed by atoms with van der Waals surface area (Å²) in [4.78, 5) is 42.4. The van der Waals surface area contributed by atoms with Crippen LogP contribution in [-0.4, -0.2) is 44.1 Å². The quantitative estimate of drug-likeness (QED) is 0.520. The molecule has 10 heteroatoms. The second kappa shape index (κ2) is 7.28. The van der Waals surface area contributed by atoms with E-state index in [0.29, 0.717) is 47.0 Å². The number of likely N-dealkylation sites (tertiary alicyclic amines) is 1. The summed E-state index contributed by atoms with van der Waals surface area (Å²) >= 11 is 1.29. The Labute approximate surface area is 169 Å². The van der Waals surface area contributed by atoms with Crippen molar-refractivity contribution >= 4 is 33.8 Å². The molecule has 1 aliphatic heterocycles. The van der Waals surface area contributed by atoms with Crippen molar-refractivity contribution in [3.63, 3.8) is 0 Å². The molecule has 0 radical (unpaired) electrons. The van der Waals surface area contributed by atoms with Gasteiger partial charge in [-0.05, 0) is 19.8 Å². The van der Waals surface area contributed by atoms with Gasteiger partial charge in [-0.2, -0.15) is 0 Å². The molecule has 1 saturated heterocycles. The number of nitrogens with zero attached hydrogens (tertiary/aromatic N) is 4. The first-order chi connectivity index (χ1) is 13.8. The number of benzene rings is 1. The molecule has 0 saturated carbocycles. The maximum absolute atomic E-state index is 12.9. The van der Waals surface area contributed by atoms with E-state index < -0.39 is 4.92 Å². The average Bonchev–Trinajstić information content (AvgIpc) is 3.27. The van der Waals surface area contributed by atoms with E-state index in [1.165, 1.54) is 23.5 Å². The number of piperidine rings is 1. The number of thiazole rings is 1. The van der Waals surface area contributed by atoms with E-state index in [9.17, 15) is 19.7 Å². The SMILES string of the molecule is Cc1c(C(=O)N2CCC(C(N)=O)CC2)sc2nc(-c3cccc([N+](=O)[O-])c3)cn12. The van der Waals surface area contributed by atoms with Crippen molar-refractivity contribution < 1.29 is 14.5 Å². The Morgan fingerprint density at radius 2 is 2.03 bits per heavy atom. The molecule has 3 heterocycles.